The molecule has 2 rings (SSSR count). The number of hydrogen-bond acceptors (Lipinski definition) is 11. The Hall–Kier alpha value is -4.82. The van der Waals surface area contributed by atoms with Gasteiger partial charge in [-0.15, -0.1) is 0 Å². The summed E-state index contributed by atoms with van der Waals surface area (Å²) in [6.07, 6.45) is 2.92. The van der Waals surface area contributed by atoms with Gasteiger partial charge < -0.3 is 64.9 Å². The molecule has 51 heavy (non-hydrogen) atoms. The molecule has 1 aliphatic rings. The number of H-pyrrole nitrogens is 1. The van der Waals surface area contributed by atoms with E-state index < -0.39 is 77.9 Å². The van der Waals surface area contributed by atoms with E-state index in [0.29, 0.717) is 25.0 Å². The predicted octanol–water partition coefficient (Wildman–Crippen LogP) is -4.21. The van der Waals surface area contributed by atoms with Gasteiger partial charge in [-0.05, 0) is 51.4 Å². The number of aliphatic hydroxyl groups is 1. The molecular weight excluding hydrogens is 666 g/mol. The monoisotopic (exact) mass is 721 g/mol. The van der Waals surface area contributed by atoms with Crippen LogP contribution in [0.25, 0.3) is 0 Å². The fraction of sp³-hybridized carbons (Fsp3) is 0.677. The number of nitrogens with zero attached hydrogens (tertiary/aromatic N) is 2. The van der Waals surface area contributed by atoms with Crippen LogP contribution in [0.5, 0.6) is 0 Å². The number of nitrogens with one attached hydrogen (secondary N) is 7. The second-order valence-electron chi connectivity index (χ2n) is 12.9. The van der Waals surface area contributed by atoms with Gasteiger partial charge in [0.2, 0.25) is 35.4 Å². The molecule has 0 aromatic carbocycles. The Kier molecular flexibility index (Phi) is 17.8. The summed E-state index contributed by atoms with van der Waals surface area (Å²) in [5.41, 5.74) is 23.1. The van der Waals surface area contributed by atoms with Gasteiger partial charge in [-0.3, -0.25) is 33.8 Å². The molecule has 2 heterocycles. The third-order valence-corrected chi connectivity index (χ3v) is 8.21. The number of guanidine groups is 1. The maximum Gasteiger partial charge on any atom is 0.243 e. The summed E-state index contributed by atoms with van der Waals surface area (Å²) < 4.78 is 0. The summed E-state index contributed by atoms with van der Waals surface area (Å²) in [6, 6.07) is -6.59. The molecule has 286 valence electrons. The van der Waals surface area contributed by atoms with Crippen molar-refractivity contribution in [2.75, 3.05) is 13.1 Å². The van der Waals surface area contributed by atoms with E-state index >= 15 is 0 Å². The summed E-state index contributed by atoms with van der Waals surface area (Å²) in [5, 5.41) is 25.9. The third kappa shape index (κ3) is 15.3. The Bertz CT molecular complexity index is 1330. The van der Waals surface area contributed by atoms with Crippen molar-refractivity contribution in [1.29, 1.82) is 0 Å². The van der Waals surface area contributed by atoms with Gasteiger partial charge >= 0.3 is 0 Å². The van der Waals surface area contributed by atoms with Crippen molar-refractivity contribution in [1.82, 2.24) is 41.9 Å². The van der Waals surface area contributed by atoms with Crippen LogP contribution in [0.15, 0.2) is 17.5 Å². The van der Waals surface area contributed by atoms with Gasteiger partial charge in [-0.2, -0.15) is 0 Å². The molecule has 20 nitrogen and oxygen atoms in total. The molecule has 16 N–H and O–H groups in total. The standard InChI is InChI=1S/C31H55N13O7/c1-16(2)24-30(51)40-17(3)26(47)41-20(25(33)46)9-10-23(45)37-11-5-4-7-19(32)27(48)42-21(8-6-12-38-31(34)35)28(49)43-22(29(50)44-24)13-18-14-36-15-39-18/h14-17,19-22,24-25,46H,4-13,32-33H2,1-3H3,(H,36,39)(H,37,45)(H,40,51)(H,41,47)(H,42,48)(H,43,49)(H,44,50)(H4,34,35,38)/t17-,19-,20-,21-,22-,24-,25?/m0/s1. The third-order valence-electron chi connectivity index (χ3n) is 8.21. The van der Waals surface area contributed by atoms with Crippen LogP contribution in [0.2, 0.25) is 0 Å². The molecule has 1 aliphatic heterocycles. The van der Waals surface area contributed by atoms with Crippen molar-refractivity contribution in [2.24, 2.45) is 33.8 Å². The van der Waals surface area contributed by atoms with Crippen LogP contribution < -0.4 is 54.8 Å². The van der Waals surface area contributed by atoms with Crippen LogP contribution in [-0.4, -0.2) is 112 Å². The van der Waals surface area contributed by atoms with Gasteiger partial charge in [0.1, 0.15) is 30.4 Å². The lowest BCUT2D eigenvalue weighted by Gasteiger charge is -2.28. The number of amides is 6. The largest absolute Gasteiger partial charge is 0.377 e. The van der Waals surface area contributed by atoms with E-state index in [2.05, 4.69) is 46.9 Å². The topological polar surface area (TPSA) is 340 Å². The Morgan fingerprint density at radius 3 is 2.24 bits per heavy atom. The van der Waals surface area contributed by atoms with Crippen LogP contribution in [0.4, 0.5) is 0 Å². The highest BCUT2D eigenvalue weighted by Crippen LogP contribution is 2.09. The first-order valence-corrected chi connectivity index (χ1v) is 17.1. The SMILES string of the molecule is CC(C)[C@@H]1NC(=O)[C@H](Cc2cnc[nH]2)NC(=O)[C@H](CCCN=C(N)N)NC(=O)[C@@H](N)CCCCNC(=O)CC[C@@H](C(N)O)NC(=O)[C@H](C)NC1=O. The lowest BCUT2D eigenvalue weighted by Crippen LogP contribution is -2.60. The van der Waals surface area contributed by atoms with Crippen molar-refractivity contribution in [3.8, 4) is 0 Å². The minimum Gasteiger partial charge on any atom is -0.377 e. The predicted molar refractivity (Wildman–Crippen MR) is 187 cm³/mol. The minimum atomic E-state index is -1.49. The Morgan fingerprint density at radius 1 is 0.922 bits per heavy atom. The van der Waals surface area contributed by atoms with Crippen molar-refractivity contribution >= 4 is 41.4 Å². The first-order valence-electron chi connectivity index (χ1n) is 17.1. The van der Waals surface area contributed by atoms with Crippen molar-refractivity contribution in [3.05, 3.63) is 18.2 Å². The fourth-order valence-electron chi connectivity index (χ4n) is 5.17. The van der Waals surface area contributed by atoms with E-state index in [-0.39, 0.29) is 57.1 Å². The second-order valence-corrected chi connectivity index (χ2v) is 12.9. The first-order chi connectivity index (χ1) is 24.1. The molecule has 7 atom stereocenters. The van der Waals surface area contributed by atoms with E-state index in [1.807, 2.05) is 0 Å². The lowest BCUT2D eigenvalue weighted by molar-refractivity contribution is -0.135. The highest BCUT2D eigenvalue weighted by atomic mass is 16.3. The molecule has 0 bridgehead atoms. The molecular formula is C31H55N13O7. The van der Waals surface area contributed by atoms with Gasteiger partial charge in [0.05, 0.1) is 18.4 Å². The van der Waals surface area contributed by atoms with Crippen LogP contribution in [0.1, 0.15) is 71.4 Å². The molecule has 6 amide bonds. The summed E-state index contributed by atoms with van der Waals surface area (Å²) in [7, 11) is 0. The number of carbonyl (C=O) groups is 6. The lowest BCUT2D eigenvalue weighted by atomic mass is 10.0. The van der Waals surface area contributed by atoms with Gasteiger partial charge in [0.15, 0.2) is 5.96 Å². The molecule has 0 saturated carbocycles. The fourth-order valence-corrected chi connectivity index (χ4v) is 5.17. The summed E-state index contributed by atoms with van der Waals surface area (Å²) >= 11 is 0. The molecule has 20 heteroatoms. The number of aliphatic hydroxyl groups excluding tert-OH is 1. The number of rotatable bonds is 8. The number of aromatic amines is 1. The minimum absolute atomic E-state index is 0.0161. The molecule has 1 saturated heterocycles. The Balaban J connectivity index is 2.39. The van der Waals surface area contributed by atoms with Gasteiger partial charge in [-0.25, -0.2) is 4.98 Å². The van der Waals surface area contributed by atoms with E-state index in [9.17, 15) is 33.9 Å². The van der Waals surface area contributed by atoms with Crippen molar-refractivity contribution in [2.45, 2.75) is 115 Å². The maximum atomic E-state index is 13.8. The molecule has 0 radical (unpaired) electrons. The van der Waals surface area contributed by atoms with E-state index in [1.54, 1.807) is 13.8 Å². The first kappa shape index (κ1) is 42.3. The highest BCUT2D eigenvalue weighted by molar-refractivity contribution is 5.96. The Morgan fingerprint density at radius 2 is 1.61 bits per heavy atom. The van der Waals surface area contributed by atoms with Crippen molar-refractivity contribution < 1.29 is 33.9 Å². The number of hydrogen-bond donors (Lipinski definition) is 12. The quantitative estimate of drug-likeness (QED) is 0.0526. The van der Waals surface area contributed by atoms with Crippen LogP contribution in [-0.2, 0) is 35.2 Å². The molecule has 1 unspecified atom stereocenters. The van der Waals surface area contributed by atoms with Gasteiger partial charge in [0, 0.05) is 37.8 Å². The van der Waals surface area contributed by atoms with E-state index in [0.717, 1.165) is 0 Å². The normalized spacial score (nSPS) is 26.3. The molecule has 1 aromatic heterocycles. The number of aliphatic imine (C=N–C) groups is 1. The summed E-state index contributed by atoms with van der Waals surface area (Å²) in [4.78, 5) is 90.2. The van der Waals surface area contributed by atoms with Gasteiger partial charge in [0.25, 0.3) is 0 Å². The van der Waals surface area contributed by atoms with Crippen molar-refractivity contribution in [3.63, 3.8) is 0 Å². The smallest absolute Gasteiger partial charge is 0.243 e. The zero-order valence-corrected chi connectivity index (χ0v) is 29.4. The zero-order chi connectivity index (χ0) is 38.1. The Labute approximate surface area is 296 Å². The maximum absolute atomic E-state index is 13.8. The van der Waals surface area contributed by atoms with E-state index in [1.165, 1.54) is 19.4 Å². The summed E-state index contributed by atoms with van der Waals surface area (Å²) in [5.74, 6) is -4.31. The molecule has 0 aliphatic carbocycles. The molecule has 1 aromatic rings. The number of nitrogens with two attached hydrogens (primary N) is 4. The van der Waals surface area contributed by atoms with Gasteiger partial charge in [-0.1, -0.05) is 13.8 Å². The number of carbonyl (C=O) groups excluding carboxylic acids is 6. The average molecular weight is 722 g/mol. The number of imidazole rings is 1. The molecule has 1 fully saturated rings. The zero-order valence-electron chi connectivity index (χ0n) is 29.4. The van der Waals surface area contributed by atoms with Crippen LogP contribution in [0.3, 0.4) is 0 Å². The van der Waals surface area contributed by atoms with E-state index in [4.69, 9.17) is 22.9 Å². The second kappa shape index (κ2) is 21.4. The average Bonchev–Trinajstić information content (AvgIpc) is 3.58. The number of aromatic nitrogens is 2. The highest BCUT2D eigenvalue weighted by Gasteiger charge is 2.33. The molecule has 0 spiro atoms. The van der Waals surface area contributed by atoms with Crippen LogP contribution >= 0.6 is 0 Å². The van der Waals surface area contributed by atoms with Crippen LogP contribution in [0, 0.1) is 5.92 Å². The summed E-state index contributed by atoms with van der Waals surface area (Å²) in [6.45, 7) is 5.24.